The number of nitrogens with one attached hydrogen (secondary N) is 1. The van der Waals surface area contributed by atoms with Gasteiger partial charge in [0.05, 0.1) is 5.69 Å². The van der Waals surface area contributed by atoms with Crippen molar-refractivity contribution in [1.29, 1.82) is 0 Å². The highest BCUT2D eigenvalue weighted by Crippen LogP contribution is 2.07. The average molecular weight is 211 g/mol. The molecule has 0 bridgehead atoms. The van der Waals surface area contributed by atoms with Crippen molar-refractivity contribution in [3.8, 4) is 0 Å². The highest BCUT2D eigenvalue weighted by Gasteiger charge is 2.04. The molecule has 4 nitrogen and oxygen atoms in total. The van der Waals surface area contributed by atoms with Gasteiger partial charge in [-0.2, -0.15) is 5.10 Å². The monoisotopic (exact) mass is 211 g/mol. The second-order valence-electron chi connectivity index (χ2n) is 3.88. The lowest BCUT2D eigenvalue weighted by molar-refractivity contribution is 0.194. The van der Waals surface area contributed by atoms with Gasteiger partial charge in [-0.15, -0.1) is 0 Å². The molecule has 1 aromatic heterocycles. The van der Waals surface area contributed by atoms with Crippen molar-refractivity contribution in [2.75, 3.05) is 20.3 Å². The summed E-state index contributed by atoms with van der Waals surface area (Å²) < 4.78 is 7.03. The van der Waals surface area contributed by atoms with Gasteiger partial charge in [-0.3, -0.25) is 4.68 Å². The smallest absolute Gasteiger partial charge is 0.0525 e. The fourth-order valence-corrected chi connectivity index (χ4v) is 1.50. The summed E-state index contributed by atoms with van der Waals surface area (Å²) in [6.07, 6.45) is 2.90. The molecule has 0 fully saturated rings. The molecule has 1 aromatic rings. The van der Waals surface area contributed by atoms with E-state index in [0.717, 1.165) is 26.1 Å². The van der Waals surface area contributed by atoms with Crippen LogP contribution in [-0.2, 0) is 11.3 Å². The van der Waals surface area contributed by atoms with Crippen LogP contribution in [0.1, 0.15) is 32.0 Å². The first-order chi connectivity index (χ1) is 7.25. The topological polar surface area (TPSA) is 39.1 Å². The van der Waals surface area contributed by atoms with Crippen molar-refractivity contribution in [2.24, 2.45) is 0 Å². The summed E-state index contributed by atoms with van der Waals surface area (Å²) in [5, 5.41) is 7.66. The highest BCUT2D eigenvalue weighted by molar-refractivity contribution is 5.00. The predicted molar refractivity (Wildman–Crippen MR) is 60.8 cm³/mol. The molecule has 0 aromatic carbocycles. The Labute approximate surface area is 91.6 Å². The van der Waals surface area contributed by atoms with E-state index in [1.165, 1.54) is 5.69 Å². The maximum Gasteiger partial charge on any atom is 0.0525 e. The van der Waals surface area contributed by atoms with Gasteiger partial charge in [-0.1, -0.05) is 0 Å². The van der Waals surface area contributed by atoms with Gasteiger partial charge in [-0.25, -0.2) is 0 Å². The molecular formula is C11H21N3O. The third-order valence-corrected chi connectivity index (χ3v) is 2.25. The first kappa shape index (κ1) is 12.2. The number of hydrogen-bond donors (Lipinski definition) is 1. The summed E-state index contributed by atoms with van der Waals surface area (Å²) >= 11 is 0. The number of methoxy groups -OCH3 is 1. The third-order valence-electron chi connectivity index (χ3n) is 2.25. The van der Waals surface area contributed by atoms with E-state index < -0.39 is 0 Å². The van der Waals surface area contributed by atoms with E-state index in [9.17, 15) is 0 Å². The first-order valence-corrected chi connectivity index (χ1v) is 5.47. The minimum atomic E-state index is 0.427. The Hall–Kier alpha value is -0.870. The SMILES string of the molecule is COCCCNCc1ccnn1C(C)C. The number of nitrogens with zero attached hydrogens (tertiary/aromatic N) is 2. The summed E-state index contributed by atoms with van der Waals surface area (Å²) in [5.41, 5.74) is 1.24. The zero-order valence-electron chi connectivity index (χ0n) is 9.86. The molecule has 1 N–H and O–H groups in total. The lowest BCUT2D eigenvalue weighted by atomic mass is 10.3. The second-order valence-corrected chi connectivity index (χ2v) is 3.88. The van der Waals surface area contributed by atoms with Crippen LogP contribution in [0, 0.1) is 0 Å². The van der Waals surface area contributed by atoms with Crippen molar-refractivity contribution in [2.45, 2.75) is 32.9 Å². The Kier molecular flexibility index (Phi) is 5.36. The van der Waals surface area contributed by atoms with Crippen molar-refractivity contribution in [3.63, 3.8) is 0 Å². The molecule has 1 heterocycles. The first-order valence-electron chi connectivity index (χ1n) is 5.47. The van der Waals surface area contributed by atoms with Gasteiger partial charge in [0, 0.05) is 32.5 Å². The summed E-state index contributed by atoms with van der Waals surface area (Å²) in [6, 6.07) is 2.49. The van der Waals surface area contributed by atoms with E-state index in [0.29, 0.717) is 6.04 Å². The molecule has 0 aliphatic rings. The molecule has 15 heavy (non-hydrogen) atoms. The van der Waals surface area contributed by atoms with E-state index >= 15 is 0 Å². The van der Waals surface area contributed by atoms with Crippen LogP contribution in [0.5, 0.6) is 0 Å². The molecule has 0 atom stereocenters. The van der Waals surface area contributed by atoms with Gasteiger partial charge < -0.3 is 10.1 Å². The van der Waals surface area contributed by atoms with Gasteiger partial charge in [0.2, 0.25) is 0 Å². The van der Waals surface area contributed by atoms with Crippen LogP contribution in [-0.4, -0.2) is 30.0 Å². The van der Waals surface area contributed by atoms with E-state index in [-0.39, 0.29) is 0 Å². The van der Waals surface area contributed by atoms with E-state index in [4.69, 9.17) is 4.74 Å². The maximum atomic E-state index is 4.98. The van der Waals surface area contributed by atoms with E-state index in [2.05, 4.69) is 30.3 Å². The lowest BCUT2D eigenvalue weighted by Crippen LogP contribution is -2.19. The quantitative estimate of drug-likeness (QED) is 0.696. The second kappa shape index (κ2) is 6.58. The molecule has 0 radical (unpaired) electrons. The fourth-order valence-electron chi connectivity index (χ4n) is 1.50. The van der Waals surface area contributed by atoms with Gasteiger partial charge in [0.1, 0.15) is 0 Å². The normalized spacial score (nSPS) is 11.2. The number of hydrogen-bond acceptors (Lipinski definition) is 3. The minimum absolute atomic E-state index is 0.427. The van der Waals surface area contributed by atoms with Crippen LogP contribution < -0.4 is 5.32 Å². The van der Waals surface area contributed by atoms with Gasteiger partial charge in [-0.05, 0) is 32.9 Å². The molecule has 4 heteroatoms. The van der Waals surface area contributed by atoms with Crippen LogP contribution in [0.15, 0.2) is 12.3 Å². The molecule has 1 rings (SSSR count). The van der Waals surface area contributed by atoms with Gasteiger partial charge in [0.15, 0.2) is 0 Å². The van der Waals surface area contributed by atoms with Crippen molar-refractivity contribution in [1.82, 2.24) is 15.1 Å². The molecule has 0 aliphatic heterocycles. The summed E-state index contributed by atoms with van der Waals surface area (Å²) in [7, 11) is 1.73. The highest BCUT2D eigenvalue weighted by atomic mass is 16.5. The Morgan fingerprint density at radius 3 is 3.00 bits per heavy atom. The molecule has 86 valence electrons. The van der Waals surface area contributed by atoms with Crippen LogP contribution in [0.4, 0.5) is 0 Å². The Morgan fingerprint density at radius 2 is 2.33 bits per heavy atom. The molecule has 0 saturated heterocycles. The molecular weight excluding hydrogens is 190 g/mol. The van der Waals surface area contributed by atoms with E-state index in [1.807, 2.05) is 10.9 Å². The maximum absolute atomic E-state index is 4.98. The van der Waals surface area contributed by atoms with E-state index in [1.54, 1.807) is 7.11 Å². The average Bonchev–Trinajstić information content (AvgIpc) is 2.66. The lowest BCUT2D eigenvalue weighted by Gasteiger charge is -2.11. The number of aromatic nitrogens is 2. The fraction of sp³-hybridized carbons (Fsp3) is 0.727. The number of rotatable bonds is 7. The predicted octanol–water partition coefficient (Wildman–Crippen LogP) is 1.59. The molecule has 0 saturated carbocycles. The molecule has 0 unspecified atom stereocenters. The Bertz CT molecular complexity index is 271. The molecule has 0 amide bonds. The zero-order chi connectivity index (χ0) is 11.1. The Balaban J connectivity index is 2.28. The summed E-state index contributed by atoms with van der Waals surface area (Å²) in [5.74, 6) is 0. The van der Waals surface area contributed by atoms with Crippen molar-refractivity contribution < 1.29 is 4.74 Å². The Morgan fingerprint density at radius 1 is 1.53 bits per heavy atom. The number of ether oxygens (including phenoxy) is 1. The molecule has 0 aliphatic carbocycles. The third kappa shape index (κ3) is 4.01. The zero-order valence-corrected chi connectivity index (χ0v) is 9.86. The van der Waals surface area contributed by atoms with Crippen LogP contribution in [0.25, 0.3) is 0 Å². The van der Waals surface area contributed by atoms with Crippen molar-refractivity contribution in [3.05, 3.63) is 18.0 Å². The van der Waals surface area contributed by atoms with Crippen LogP contribution in [0.2, 0.25) is 0 Å². The molecule has 0 spiro atoms. The van der Waals surface area contributed by atoms with Gasteiger partial charge >= 0.3 is 0 Å². The summed E-state index contributed by atoms with van der Waals surface area (Å²) in [6.45, 7) is 6.96. The standard InChI is InChI=1S/C11H21N3O/c1-10(2)14-11(5-7-13-14)9-12-6-4-8-15-3/h5,7,10,12H,4,6,8-9H2,1-3H3. The van der Waals surface area contributed by atoms with Crippen LogP contribution >= 0.6 is 0 Å². The van der Waals surface area contributed by atoms with Crippen molar-refractivity contribution >= 4 is 0 Å². The largest absolute Gasteiger partial charge is 0.385 e. The summed E-state index contributed by atoms with van der Waals surface area (Å²) in [4.78, 5) is 0. The minimum Gasteiger partial charge on any atom is -0.385 e. The van der Waals surface area contributed by atoms with Crippen LogP contribution in [0.3, 0.4) is 0 Å². The van der Waals surface area contributed by atoms with Gasteiger partial charge in [0.25, 0.3) is 0 Å².